The van der Waals surface area contributed by atoms with Gasteiger partial charge in [0.15, 0.2) is 5.82 Å². The number of hydrogen-bond donors (Lipinski definition) is 0. The minimum absolute atomic E-state index is 0.131. The van der Waals surface area contributed by atoms with Crippen molar-refractivity contribution in [3.8, 4) is 0 Å². The molecule has 0 amide bonds. The smallest absolute Gasteiger partial charge is 0.165 e. The lowest BCUT2D eigenvalue weighted by Crippen LogP contribution is -2.46. The van der Waals surface area contributed by atoms with Gasteiger partial charge in [-0.25, -0.2) is 9.07 Å². The van der Waals surface area contributed by atoms with Crippen LogP contribution in [0.25, 0.3) is 0 Å². The summed E-state index contributed by atoms with van der Waals surface area (Å²) >= 11 is 0. The van der Waals surface area contributed by atoms with Crippen LogP contribution in [0, 0.1) is 5.82 Å². The molecule has 1 aliphatic heterocycles. The highest BCUT2D eigenvalue weighted by Gasteiger charge is 2.24. The maximum Gasteiger partial charge on any atom is 0.165 e. The second kappa shape index (κ2) is 6.23. The summed E-state index contributed by atoms with van der Waals surface area (Å²) in [6.45, 7) is 10.3. The molecule has 2 heterocycles. The van der Waals surface area contributed by atoms with E-state index in [1.54, 1.807) is 6.07 Å². The summed E-state index contributed by atoms with van der Waals surface area (Å²) in [5.74, 6) is 0.717. The lowest BCUT2D eigenvalue weighted by atomic mass is 10.1. The largest absolute Gasteiger partial charge is 0.367 e. The summed E-state index contributed by atoms with van der Waals surface area (Å²) in [6.07, 6.45) is 0. The van der Waals surface area contributed by atoms with Gasteiger partial charge in [0.1, 0.15) is 5.82 Å². The summed E-state index contributed by atoms with van der Waals surface area (Å²) in [5, 5.41) is 12.1. The van der Waals surface area contributed by atoms with E-state index >= 15 is 0 Å². The number of piperazine rings is 1. The Labute approximate surface area is 135 Å². The second-order valence-electron chi connectivity index (χ2n) is 6.89. The first-order valence-corrected chi connectivity index (χ1v) is 7.95. The molecule has 2 aromatic rings. The van der Waals surface area contributed by atoms with Crippen LogP contribution in [-0.4, -0.2) is 51.3 Å². The molecule has 0 spiro atoms. The number of halogens is 1. The van der Waals surface area contributed by atoms with E-state index in [4.69, 9.17) is 0 Å². The molecular formula is C16H23FN6. The summed E-state index contributed by atoms with van der Waals surface area (Å²) in [4.78, 5) is 4.41. The summed E-state index contributed by atoms with van der Waals surface area (Å²) in [5.41, 5.74) is 0.556. The predicted octanol–water partition coefficient (Wildman–Crippen LogP) is 1.89. The Morgan fingerprint density at radius 3 is 2.43 bits per heavy atom. The van der Waals surface area contributed by atoms with Gasteiger partial charge < -0.3 is 4.90 Å². The highest BCUT2D eigenvalue weighted by Crippen LogP contribution is 2.21. The maximum absolute atomic E-state index is 13.9. The molecule has 0 unspecified atom stereocenters. The minimum Gasteiger partial charge on any atom is -0.367 e. The first-order valence-electron chi connectivity index (χ1n) is 7.95. The lowest BCUT2D eigenvalue weighted by Gasteiger charge is -2.36. The maximum atomic E-state index is 13.9. The molecule has 3 rings (SSSR count). The summed E-state index contributed by atoms with van der Waals surface area (Å²) in [6, 6.07) is 6.95. The standard InChI is InChI=1S/C16H23FN6/c1-16(2,3)23-15(18-19-20-23)12-21-8-10-22(11-9-21)14-7-5-4-6-13(14)17/h4-7H,8-12H2,1-3H3. The Bertz CT molecular complexity index is 655. The predicted molar refractivity (Wildman–Crippen MR) is 86.7 cm³/mol. The van der Waals surface area contributed by atoms with Crippen LogP contribution in [-0.2, 0) is 12.1 Å². The van der Waals surface area contributed by atoms with E-state index in [2.05, 4.69) is 46.1 Å². The zero-order valence-corrected chi connectivity index (χ0v) is 13.9. The fourth-order valence-electron chi connectivity index (χ4n) is 2.88. The van der Waals surface area contributed by atoms with E-state index in [1.807, 2.05) is 16.8 Å². The van der Waals surface area contributed by atoms with Crippen LogP contribution in [0.4, 0.5) is 10.1 Å². The molecule has 7 heteroatoms. The van der Waals surface area contributed by atoms with E-state index in [0.717, 1.165) is 38.5 Å². The fraction of sp³-hybridized carbons (Fsp3) is 0.562. The Hall–Kier alpha value is -2.02. The number of rotatable bonds is 3. The zero-order valence-electron chi connectivity index (χ0n) is 13.9. The lowest BCUT2D eigenvalue weighted by molar-refractivity contribution is 0.227. The van der Waals surface area contributed by atoms with E-state index in [9.17, 15) is 4.39 Å². The van der Waals surface area contributed by atoms with E-state index < -0.39 is 0 Å². The summed E-state index contributed by atoms with van der Waals surface area (Å²) in [7, 11) is 0. The number of anilines is 1. The minimum atomic E-state index is -0.155. The van der Waals surface area contributed by atoms with E-state index in [1.165, 1.54) is 6.07 Å². The first kappa shape index (κ1) is 15.9. The third-order valence-electron chi connectivity index (χ3n) is 4.10. The van der Waals surface area contributed by atoms with Gasteiger partial charge in [-0.3, -0.25) is 4.90 Å². The van der Waals surface area contributed by atoms with E-state index in [0.29, 0.717) is 5.69 Å². The van der Waals surface area contributed by atoms with Crippen LogP contribution in [0.5, 0.6) is 0 Å². The van der Waals surface area contributed by atoms with Gasteiger partial charge in [-0.05, 0) is 43.3 Å². The summed E-state index contributed by atoms with van der Waals surface area (Å²) < 4.78 is 15.7. The Kier molecular flexibility index (Phi) is 4.30. The van der Waals surface area contributed by atoms with Crippen LogP contribution in [0.2, 0.25) is 0 Å². The SMILES string of the molecule is CC(C)(C)n1nnnc1CN1CCN(c2ccccc2F)CC1. The molecule has 6 nitrogen and oxygen atoms in total. The van der Waals surface area contributed by atoms with Crippen molar-refractivity contribution in [2.75, 3.05) is 31.1 Å². The second-order valence-corrected chi connectivity index (χ2v) is 6.89. The van der Waals surface area contributed by atoms with Crippen molar-refractivity contribution in [3.05, 3.63) is 35.9 Å². The van der Waals surface area contributed by atoms with Gasteiger partial charge in [-0.2, -0.15) is 0 Å². The van der Waals surface area contributed by atoms with Crippen LogP contribution >= 0.6 is 0 Å². The highest BCUT2D eigenvalue weighted by molar-refractivity contribution is 5.47. The Morgan fingerprint density at radius 2 is 1.78 bits per heavy atom. The van der Waals surface area contributed by atoms with Gasteiger partial charge in [-0.15, -0.1) is 5.10 Å². The van der Waals surface area contributed by atoms with Crippen molar-refractivity contribution >= 4 is 5.69 Å². The molecule has 1 aromatic carbocycles. The van der Waals surface area contributed by atoms with Crippen molar-refractivity contribution in [2.24, 2.45) is 0 Å². The van der Waals surface area contributed by atoms with Crippen molar-refractivity contribution in [2.45, 2.75) is 32.9 Å². The van der Waals surface area contributed by atoms with Gasteiger partial charge >= 0.3 is 0 Å². The number of para-hydroxylation sites is 1. The molecule has 1 aromatic heterocycles. The molecule has 0 radical (unpaired) electrons. The molecule has 124 valence electrons. The first-order chi connectivity index (χ1) is 10.9. The van der Waals surface area contributed by atoms with Gasteiger partial charge in [0, 0.05) is 26.2 Å². The van der Waals surface area contributed by atoms with Gasteiger partial charge in [-0.1, -0.05) is 12.1 Å². The van der Waals surface area contributed by atoms with Gasteiger partial charge in [0.2, 0.25) is 0 Å². The molecule has 0 N–H and O–H groups in total. The molecule has 0 aliphatic carbocycles. The molecule has 23 heavy (non-hydrogen) atoms. The van der Waals surface area contributed by atoms with E-state index in [-0.39, 0.29) is 11.4 Å². The van der Waals surface area contributed by atoms with Crippen LogP contribution in [0.1, 0.15) is 26.6 Å². The fourth-order valence-corrected chi connectivity index (χ4v) is 2.88. The molecule has 1 fully saturated rings. The number of hydrogen-bond acceptors (Lipinski definition) is 5. The van der Waals surface area contributed by atoms with Gasteiger partial charge in [0.05, 0.1) is 17.8 Å². The highest BCUT2D eigenvalue weighted by atomic mass is 19.1. The molecule has 0 atom stereocenters. The molecule has 0 bridgehead atoms. The van der Waals surface area contributed by atoms with Crippen molar-refractivity contribution in [1.29, 1.82) is 0 Å². The monoisotopic (exact) mass is 318 g/mol. The topological polar surface area (TPSA) is 50.1 Å². The molecule has 1 saturated heterocycles. The molecule has 0 saturated carbocycles. The third-order valence-corrected chi connectivity index (χ3v) is 4.10. The average Bonchev–Trinajstić information content (AvgIpc) is 2.97. The van der Waals surface area contributed by atoms with Crippen LogP contribution < -0.4 is 4.90 Å². The third kappa shape index (κ3) is 3.50. The number of tetrazole rings is 1. The number of nitrogens with zero attached hydrogens (tertiary/aromatic N) is 6. The number of benzene rings is 1. The van der Waals surface area contributed by atoms with Gasteiger partial charge in [0.25, 0.3) is 0 Å². The Balaban J connectivity index is 1.62. The average molecular weight is 318 g/mol. The molecule has 1 aliphatic rings. The normalized spacial score (nSPS) is 16.8. The number of aromatic nitrogens is 4. The Morgan fingerprint density at radius 1 is 1.09 bits per heavy atom. The quantitative estimate of drug-likeness (QED) is 0.865. The zero-order chi connectivity index (χ0) is 16.4. The van der Waals surface area contributed by atoms with Crippen LogP contribution in [0.15, 0.2) is 24.3 Å². The van der Waals surface area contributed by atoms with Crippen molar-refractivity contribution in [1.82, 2.24) is 25.1 Å². The molecular weight excluding hydrogens is 295 g/mol. The van der Waals surface area contributed by atoms with Crippen molar-refractivity contribution in [3.63, 3.8) is 0 Å². The van der Waals surface area contributed by atoms with Crippen molar-refractivity contribution < 1.29 is 4.39 Å². The van der Waals surface area contributed by atoms with Crippen LogP contribution in [0.3, 0.4) is 0 Å².